The molecular formula is C11H19F2N5O2S. The van der Waals surface area contributed by atoms with Crippen molar-refractivity contribution in [3.8, 4) is 0 Å². The van der Waals surface area contributed by atoms with Crippen LogP contribution in [0.4, 0.5) is 8.78 Å². The summed E-state index contributed by atoms with van der Waals surface area (Å²) in [4.78, 5) is 7.97. The average molecular weight is 323 g/mol. The SMILES string of the molecule is NS(=O)(=O)CCN1CCN(Cc2nccn2C(F)F)CC1. The van der Waals surface area contributed by atoms with Gasteiger partial charge >= 0.3 is 6.55 Å². The molecular weight excluding hydrogens is 304 g/mol. The number of nitrogens with two attached hydrogens (primary N) is 1. The standard InChI is InChI=1S/C11H19F2N5O2S/c12-11(13)18-2-1-15-10(18)9-17-5-3-16(4-6-17)7-8-21(14,19)20/h1-2,11H,3-9H2,(H2,14,19,20). The van der Waals surface area contributed by atoms with E-state index in [4.69, 9.17) is 5.14 Å². The number of imidazole rings is 1. The summed E-state index contributed by atoms with van der Waals surface area (Å²) >= 11 is 0. The normalized spacial score (nSPS) is 18.5. The Bertz CT molecular complexity index is 555. The molecule has 10 heteroatoms. The Hall–Kier alpha value is -1.10. The molecule has 1 aromatic rings. The average Bonchev–Trinajstić information content (AvgIpc) is 2.85. The highest BCUT2D eigenvalue weighted by molar-refractivity contribution is 7.89. The van der Waals surface area contributed by atoms with Crippen molar-refractivity contribution in [3.05, 3.63) is 18.2 Å². The van der Waals surface area contributed by atoms with Crippen LogP contribution in [-0.4, -0.2) is 66.2 Å². The molecule has 1 aromatic heterocycles. The van der Waals surface area contributed by atoms with Crippen molar-refractivity contribution in [2.75, 3.05) is 38.5 Å². The lowest BCUT2D eigenvalue weighted by molar-refractivity contribution is 0.0609. The summed E-state index contributed by atoms with van der Waals surface area (Å²) < 4.78 is 48.1. The first kappa shape index (κ1) is 16.3. The van der Waals surface area contributed by atoms with E-state index in [0.717, 1.165) is 4.57 Å². The van der Waals surface area contributed by atoms with Crippen molar-refractivity contribution in [1.82, 2.24) is 19.4 Å². The number of rotatable bonds is 6. The molecule has 7 nitrogen and oxygen atoms in total. The molecule has 0 saturated carbocycles. The van der Waals surface area contributed by atoms with E-state index in [0.29, 0.717) is 45.1 Å². The van der Waals surface area contributed by atoms with Gasteiger partial charge in [-0.15, -0.1) is 0 Å². The van der Waals surface area contributed by atoms with Gasteiger partial charge in [-0.1, -0.05) is 0 Å². The Morgan fingerprint density at radius 3 is 2.43 bits per heavy atom. The third kappa shape index (κ3) is 4.99. The summed E-state index contributed by atoms with van der Waals surface area (Å²) in [6, 6.07) is 0. The van der Waals surface area contributed by atoms with Gasteiger partial charge < -0.3 is 0 Å². The first-order valence-electron chi connectivity index (χ1n) is 6.60. The number of primary sulfonamides is 1. The van der Waals surface area contributed by atoms with Crippen LogP contribution in [0.25, 0.3) is 0 Å². The fourth-order valence-electron chi connectivity index (χ4n) is 2.27. The van der Waals surface area contributed by atoms with Crippen LogP contribution in [0.3, 0.4) is 0 Å². The third-order valence-electron chi connectivity index (χ3n) is 3.48. The van der Waals surface area contributed by atoms with Crippen molar-refractivity contribution in [3.63, 3.8) is 0 Å². The fraction of sp³-hybridized carbons (Fsp3) is 0.727. The molecule has 1 saturated heterocycles. The highest BCUT2D eigenvalue weighted by Crippen LogP contribution is 2.14. The predicted octanol–water partition coefficient (Wildman–Crippen LogP) is -0.316. The van der Waals surface area contributed by atoms with Gasteiger partial charge in [0.05, 0.1) is 12.3 Å². The highest BCUT2D eigenvalue weighted by Gasteiger charge is 2.20. The molecule has 1 aliphatic rings. The summed E-state index contributed by atoms with van der Waals surface area (Å²) in [6.45, 7) is 0.911. The van der Waals surface area contributed by atoms with Gasteiger partial charge in [-0.3, -0.25) is 14.4 Å². The Kier molecular flexibility index (Phi) is 5.25. The van der Waals surface area contributed by atoms with Gasteiger partial charge in [0.2, 0.25) is 10.0 Å². The number of piperazine rings is 1. The van der Waals surface area contributed by atoms with E-state index in [1.165, 1.54) is 12.4 Å². The van der Waals surface area contributed by atoms with E-state index in [-0.39, 0.29) is 5.75 Å². The van der Waals surface area contributed by atoms with Gasteiger partial charge in [-0.05, 0) is 0 Å². The molecule has 2 rings (SSSR count). The molecule has 0 bridgehead atoms. The number of alkyl halides is 2. The Balaban J connectivity index is 1.80. The molecule has 0 spiro atoms. The molecule has 0 aliphatic carbocycles. The van der Waals surface area contributed by atoms with E-state index < -0.39 is 16.6 Å². The van der Waals surface area contributed by atoms with Crippen LogP contribution in [0.15, 0.2) is 12.4 Å². The minimum atomic E-state index is -3.45. The fourth-order valence-corrected chi connectivity index (χ4v) is 2.78. The van der Waals surface area contributed by atoms with E-state index in [1.807, 2.05) is 9.80 Å². The molecule has 2 N–H and O–H groups in total. The first-order chi connectivity index (χ1) is 9.85. The number of hydrogen-bond donors (Lipinski definition) is 1. The third-order valence-corrected chi connectivity index (χ3v) is 4.23. The zero-order valence-electron chi connectivity index (χ0n) is 11.5. The van der Waals surface area contributed by atoms with Crippen LogP contribution < -0.4 is 5.14 Å². The lowest BCUT2D eigenvalue weighted by atomic mass is 10.3. The Morgan fingerprint density at radius 1 is 1.24 bits per heavy atom. The number of nitrogens with zero attached hydrogens (tertiary/aromatic N) is 4. The molecule has 0 amide bonds. The van der Waals surface area contributed by atoms with Crippen molar-refractivity contribution < 1.29 is 17.2 Å². The van der Waals surface area contributed by atoms with Crippen LogP contribution in [0, 0.1) is 0 Å². The van der Waals surface area contributed by atoms with Gasteiger partial charge in [0.25, 0.3) is 0 Å². The summed E-state index contributed by atoms with van der Waals surface area (Å²) in [7, 11) is -3.45. The van der Waals surface area contributed by atoms with Crippen LogP contribution in [0.1, 0.15) is 12.4 Å². The smallest absolute Gasteiger partial charge is 0.300 e. The highest BCUT2D eigenvalue weighted by atomic mass is 32.2. The second-order valence-electron chi connectivity index (χ2n) is 5.01. The topological polar surface area (TPSA) is 84.5 Å². The maximum atomic E-state index is 12.7. The predicted molar refractivity (Wildman–Crippen MR) is 73.2 cm³/mol. The summed E-state index contributed by atoms with van der Waals surface area (Å²) in [5.41, 5.74) is 0. The molecule has 120 valence electrons. The van der Waals surface area contributed by atoms with Gasteiger partial charge in [0.15, 0.2) is 0 Å². The maximum Gasteiger partial charge on any atom is 0.319 e. The summed E-state index contributed by atoms with van der Waals surface area (Å²) in [6.07, 6.45) is 2.63. The molecule has 0 atom stereocenters. The number of halogens is 2. The van der Waals surface area contributed by atoms with E-state index >= 15 is 0 Å². The van der Waals surface area contributed by atoms with Crippen molar-refractivity contribution in [1.29, 1.82) is 0 Å². The van der Waals surface area contributed by atoms with Crippen molar-refractivity contribution in [2.45, 2.75) is 13.1 Å². The van der Waals surface area contributed by atoms with Crippen LogP contribution in [0.2, 0.25) is 0 Å². The zero-order chi connectivity index (χ0) is 15.5. The molecule has 0 unspecified atom stereocenters. The van der Waals surface area contributed by atoms with Gasteiger partial charge in [0, 0.05) is 45.1 Å². The Morgan fingerprint density at radius 2 is 1.86 bits per heavy atom. The minimum Gasteiger partial charge on any atom is -0.300 e. The summed E-state index contributed by atoms with van der Waals surface area (Å²) in [5, 5.41) is 4.97. The zero-order valence-corrected chi connectivity index (χ0v) is 12.3. The lowest BCUT2D eigenvalue weighted by Crippen LogP contribution is -2.47. The van der Waals surface area contributed by atoms with E-state index in [1.54, 1.807) is 0 Å². The number of sulfonamides is 1. The molecule has 1 fully saturated rings. The van der Waals surface area contributed by atoms with Crippen LogP contribution >= 0.6 is 0 Å². The van der Waals surface area contributed by atoms with Crippen molar-refractivity contribution >= 4 is 10.0 Å². The largest absolute Gasteiger partial charge is 0.319 e. The first-order valence-corrected chi connectivity index (χ1v) is 8.32. The van der Waals surface area contributed by atoms with Gasteiger partial charge in [-0.2, -0.15) is 8.78 Å². The minimum absolute atomic E-state index is 0.0667. The van der Waals surface area contributed by atoms with Crippen LogP contribution in [0.5, 0.6) is 0 Å². The molecule has 2 heterocycles. The second-order valence-corrected chi connectivity index (χ2v) is 6.75. The quantitative estimate of drug-likeness (QED) is 0.776. The molecule has 0 aromatic carbocycles. The second kappa shape index (κ2) is 6.77. The van der Waals surface area contributed by atoms with Gasteiger partial charge in [0.1, 0.15) is 5.82 Å². The van der Waals surface area contributed by atoms with E-state index in [9.17, 15) is 17.2 Å². The summed E-state index contributed by atoms with van der Waals surface area (Å²) in [5.74, 6) is 0.269. The van der Waals surface area contributed by atoms with E-state index in [2.05, 4.69) is 4.98 Å². The number of aromatic nitrogens is 2. The Labute approximate surface area is 122 Å². The monoisotopic (exact) mass is 323 g/mol. The van der Waals surface area contributed by atoms with Crippen molar-refractivity contribution in [2.24, 2.45) is 5.14 Å². The van der Waals surface area contributed by atoms with Crippen LogP contribution in [-0.2, 0) is 16.6 Å². The lowest BCUT2D eigenvalue weighted by Gasteiger charge is -2.34. The van der Waals surface area contributed by atoms with Gasteiger partial charge in [-0.25, -0.2) is 18.5 Å². The molecule has 21 heavy (non-hydrogen) atoms. The number of hydrogen-bond acceptors (Lipinski definition) is 5. The molecule has 0 radical (unpaired) electrons. The maximum absolute atomic E-state index is 12.7. The molecule has 1 aliphatic heterocycles.